The minimum atomic E-state index is -0.0365. The van der Waals surface area contributed by atoms with Gasteiger partial charge in [-0.15, -0.1) is 0 Å². The number of hydrogen-bond donors (Lipinski definition) is 0. The van der Waals surface area contributed by atoms with E-state index in [0.29, 0.717) is 19.2 Å². The highest BCUT2D eigenvalue weighted by Crippen LogP contribution is 2.37. The number of carbonyl (C=O) groups is 1. The van der Waals surface area contributed by atoms with Crippen LogP contribution in [0.4, 0.5) is 0 Å². The first-order valence-electron chi connectivity index (χ1n) is 10.7. The van der Waals surface area contributed by atoms with E-state index in [1.54, 1.807) is 0 Å². The highest BCUT2D eigenvalue weighted by molar-refractivity contribution is 5.93. The maximum Gasteiger partial charge on any atom is 0.271 e. The lowest BCUT2D eigenvalue weighted by atomic mass is 9.97. The molecule has 28 heavy (non-hydrogen) atoms. The normalized spacial score (nSPS) is 25.9. The highest BCUT2D eigenvalue weighted by Gasteiger charge is 2.39. The number of benzene rings is 1. The van der Waals surface area contributed by atoms with Crippen molar-refractivity contribution in [2.24, 2.45) is 0 Å². The monoisotopic (exact) mass is 379 g/mol. The summed E-state index contributed by atoms with van der Waals surface area (Å²) in [6.07, 6.45) is 6.96. The molecule has 1 amide bonds. The van der Waals surface area contributed by atoms with Gasteiger partial charge >= 0.3 is 0 Å². The smallest absolute Gasteiger partial charge is 0.271 e. The zero-order chi connectivity index (χ0) is 18.9. The van der Waals surface area contributed by atoms with Gasteiger partial charge in [0.15, 0.2) is 0 Å². The molecule has 1 aliphatic carbocycles. The van der Waals surface area contributed by atoms with Gasteiger partial charge in [-0.2, -0.15) is 0 Å². The number of amides is 1. The number of ether oxygens (including phenoxy) is 1. The molecule has 2 saturated heterocycles. The third kappa shape index (κ3) is 3.49. The van der Waals surface area contributed by atoms with Gasteiger partial charge in [-0.05, 0) is 56.5 Å². The molecule has 148 valence electrons. The lowest BCUT2D eigenvalue weighted by Crippen LogP contribution is -2.51. The first-order chi connectivity index (χ1) is 13.8. The fraction of sp³-hybridized carbons (Fsp3) is 0.522. The quantitative estimate of drug-likeness (QED) is 0.798. The van der Waals surface area contributed by atoms with Crippen molar-refractivity contribution in [1.82, 2.24) is 14.4 Å². The molecular weight excluding hydrogens is 350 g/mol. The molecule has 3 fully saturated rings. The van der Waals surface area contributed by atoms with Crippen molar-refractivity contribution in [3.8, 4) is 0 Å². The van der Waals surface area contributed by atoms with Gasteiger partial charge in [-0.3, -0.25) is 4.79 Å². The average Bonchev–Trinajstić information content (AvgIpc) is 3.23. The van der Waals surface area contributed by atoms with Gasteiger partial charge in [-0.25, -0.2) is 0 Å². The summed E-state index contributed by atoms with van der Waals surface area (Å²) >= 11 is 0. The van der Waals surface area contributed by atoms with Crippen LogP contribution in [-0.2, 0) is 4.74 Å². The summed E-state index contributed by atoms with van der Waals surface area (Å²) in [6, 6.07) is 14.9. The molecule has 0 spiro atoms. The van der Waals surface area contributed by atoms with E-state index >= 15 is 0 Å². The standard InChI is InChI=1S/C23H29N3O2/c27-23(20-9-6-14-25(20)19-10-11-19)26-15-16-28-21(17-24-12-4-5-13-24)22(26)18-7-2-1-3-8-18/h1-3,6-9,14,19,21-22H,4-5,10-13,15-17H2/t21-,22-/m0/s1. The van der Waals surface area contributed by atoms with Crippen LogP contribution in [0.15, 0.2) is 48.7 Å². The summed E-state index contributed by atoms with van der Waals surface area (Å²) < 4.78 is 8.43. The van der Waals surface area contributed by atoms with Crippen molar-refractivity contribution in [2.45, 2.75) is 43.9 Å². The Morgan fingerprint density at radius 2 is 1.79 bits per heavy atom. The maximum absolute atomic E-state index is 13.6. The van der Waals surface area contributed by atoms with Gasteiger partial charge in [0.25, 0.3) is 5.91 Å². The van der Waals surface area contributed by atoms with Gasteiger partial charge < -0.3 is 19.1 Å². The molecule has 0 N–H and O–H groups in total. The Bertz CT molecular complexity index is 808. The van der Waals surface area contributed by atoms with Crippen molar-refractivity contribution in [3.05, 3.63) is 59.9 Å². The minimum absolute atomic E-state index is 0.0162. The second-order valence-electron chi connectivity index (χ2n) is 8.30. The van der Waals surface area contributed by atoms with E-state index in [4.69, 9.17) is 4.74 Å². The van der Waals surface area contributed by atoms with Crippen LogP contribution < -0.4 is 0 Å². The molecule has 1 saturated carbocycles. The third-order valence-electron chi connectivity index (χ3n) is 6.33. The van der Waals surface area contributed by atoms with Crippen molar-refractivity contribution in [2.75, 3.05) is 32.8 Å². The predicted molar refractivity (Wildman–Crippen MR) is 108 cm³/mol. The van der Waals surface area contributed by atoms with E-state index in [-0.39, 0.29) is 18.1 Å². The molecule has 3 heterocycles. The second-order valence-corrected chi connectivity index (χ2v) is 8.30. The molecule has 0 radical (unpaired) electrons. The van der Waals surface area contributed by atoms with E-state index in [1.165, 1.54) is 31.2 Å². The Morgan fingerprint density at radius 1 is 1.00 bits per heavy atom. The van der Waals surface area contributed by atoms with Crippen molar-refractivity contribution >= 4 is 5.91 Å². The molecular formula is C23H29N3O2. The molecule has 3 aliphatic rings. The lowest BCUT2D eigenvalue weighted by molar-refractivity contribution is -0.0709. The summed E-state index contributed by atoms with van der Waals surface area (Å²) in [5.74, 6) is 0.139. The molecule has 1 aromatic heterocycles. The SMILES string of the molecule is O=C(c1cccn1C1CC1)N1CCO[C@@H](CN2CCCC2)[C@@H]1c1ccccc1. The Balaban J connectivity index is 1.45. The summed E-state index contributed by atoms with van der Waals surface area (Å²) in [5, 5.41) is 0. The highest BCUT2D eigenvalue weighted by atomic mass is 16.5. The molecule has 2 aromatic rings. The number of hydrogen-bond acceptors (Lipinski definition) is 3. The van der Waals surface area contributed by atoms with Crippen LogP contribution in [0.25, 0.3) is 0 Å². The van der Waals surface area contributed by atoms with Crippen LogP contribution in [0.5, 0.6) is 0 Å². The van der Waals surface area contributed by atoms with Crippen LogP contribution in [0.2, 0.25) is 0 Å². The van der Waals surface area contributed by atoms with Crippen LogP contribution in [0, 0.1) is 0 Å². The Morgan fingerprint density at radius 3 is 2.54 bits per heavy atom. The average molecular weight is 380 g/mol. The van der Waals surface area contributed by atoms with Crippen LogP contribution in [0.3, 0.4) is 0 Å². The lowest BCUT2D eigenvalue weighted by Gasteiger charge is -2.42. The number of aromatic nitrogens is 1. The van der Waals surface area contributed by atoms with Gasteiger partial charge in [0.1, 0.15) is 5.69 Å². The van der Waals surface area contributed by atoms with Crippen LogP contribution >= 0.6 is 0 Å². The van der Waals surface area contributed by atoms with Crippen LogP contribution in [0.1, 0.15) is 53.8 Å². The Labute approximate surface area is 166 Å². The van der Waals surface area contributed by atoms with E-state index in [1.807, 2.05) is 18.2 Å². The van der Waals surface area contributed by atoms with Crippen molar-refractivity contribution in [3.63, 3.8) is 0 Å². The first kappa shape index (κ1) is 18.0. The molecule has 5 rings (SSSR count). The molecule has 5 nitrogen and oxygen atoms in total. The predicted octanol–water partition coefficient (Wildman–Crippen LogP) is 3.50. The summed E-state index contributed by atoms with van der Waals surface area (Å²) in [4.78, 5) is 18.2. The number of nitrogens with zero attached hydrogens (tertiary/aromatic N) is 3. The van der Waals surface area contributed by atoms with E-state index in [9.17, 15) is 4.79 Å². The van der Waals surface area contributed by atoms with Crippen molar-refractivity contribution < 1.29 is 9.53 Å². The second kappa shape index (κ2) is 7.72. The number of morpholine rings is 1. The number of rotatable bonds is 5. The molecule has 1 aromatic carbocycles. The van der Waals surface area contributed by atoms with E-state index in [2.05, 4.69) is 44.8 Å². The molecule has 0 unspecified atom stereocenters. The van der Waals surface area contributed by atoms with Crippen LogP contribution in [-0.4, -0.2) is 59.2 Å². The topological polar surface area (TPSA) is 37.7 Å². The van der Waals surface area contributed by atoms with Gasteiger partial charge in [0.2, 0.25) is 0 Å². The van der Waals surface area contributed by atoms with E-state index in [0.717, 1.165) is 25.3 Å². The Hall–Kier alpha value is -2.11. The third-order valence-corrected chi connectivity index (χ3v) is 6.33. The first-order valence-corrected chi connectivity index (χ1v) is 10.7. The van der Waals surface area contributed by atoms with Gasteiger partial charge in [0.05, 0.1) is 18.8 Å². The molecule has 2 aliphatic heterocycles. The summed E-state index contributed by atoms with van der Waals surface area (Å²) in [7, 11) is 0. The molecule has 0 bridgehead atoms. The van der Waals surface area contributed by atoms with Gasteiger partial charge in [0, 0.05) is 25.3 Å². The zero-order valence-electron chi connectivity index (χ0n) is 16.4. The van der Waals surface area contributed by atoms with E-state index < -0.39 is 0 Å². The fourth-order valence-corrected chi connectivity index (χ4v) is 4.77. The van der Waals surface area contributed by atoms with Crippen molar-refractivity contribution in [1.29, 1.82) is 0 Å². The Kier molecular flexibility index (Phi) is 4.95. The summed E-state index contributed by atoms with van der Waals surface area (Å²) in [5.41, 5.74) is 1.99. The molecule has 2 atom stereocenters. The summed E-state index contributed by atoms with van der Waals surface area (Å²) in [6.45, 7) is 4.43. The fourth-order valence-electron chi connectivity index (χ4n) is 4.77. The zero-order valence-corrected chi connectivity index (χ0v) is 16.4. The maximum atomic E-state index is 13.6. The molecule has 5 heteroatoms. The minimum Gasteiger partial charge on any atom is -0.373 e. The number of likely N-dealkylation sites (tertiary alicyclic amines) is 1. The van der Waals surface area contributed by atoms with Gasteiger partial charge in [-0.1, -0.05) is 30.3 Å². The largest absolute Gasteiger partial charge is 0.373 e. The number of carbonyl (C=O) groups excluding carboxylic acids is 1.